The largest absolute Gasteiger partial charge is 0.243 e. The number of aryl methyl sites for hydroxylation is 1. The quantitative estimate of drug-likeness (QED) is 0.492. The number of unbranched alkanes of at least 4 members (excludes halogenated alkanes) is 1. The maximum atomic E-state index is 2.44. The van der Waals surface area contributed by atoms with Crippen LogP contribution in [0.3, 0.4) is 0 Å². The third-order valence-corrected chi connectivity index (χ3v) is 5.56. The number of rotatable bonds is 8. The van der Waals surface area contributed by atoms with Gasteiger partial charge in [0.2, 0.25) is 6.33 Å². The molecule has 0 amide bonds. The maximum absolute atomic E-state index is 2.44. The zero-order valence-corrected chi connectivity index (χ0v) is 16.3. The van der Waals surface area contributed by atoms with E-state index in [1.165, 1.54) is 30.4 Å². The number of hydrogen-bond donors (Lipinski definition) is 0. The van der Waals surface area contributed by atoms with Crippen LogP contribution >= 0.6 is 0 Å². The van der Waals surface area contributed by atoms with Gasteiger partial charge in [0.1, 0.15) is 18.4 Å². The molecule has 2 nitrogen and oxygen atoms in total. The molecular formula is C24H31N2+. The Bertz CT molecular complexity index is 791. The van der Waals surface area contributed by atoms with Gasteiger partial charge in [-0.3, -0.25) is 0 Å². The number of benzene rings is 2. The molecule has 2 heteroatoms. The van der Waals surface area contributed by atoms with Gasteiger partial charge in [0.15, 0.2) is 0 Å². The summed E-state index contributed by atoms with van der Waals surface area (Å²) in [6, 6.07) is 22.4. The van der Waals surface area contributed by atoms with Crippen LogP contribution in [-0.2, 0) is 18.9 Å². The predicted octanol–water partition coefficient (Wildman–Crippen LogP) is 5.24. The van der Waals surface area contributed by atoms with Crippen LogP contribution in [0, 0.1) is 0 Å². The second-order valence-corrected chi connectivity index (χ2v) is 7.63. The van der Waals surface area contributed by atoms with Gasteiger partial charge in [-0.2, -0.15) is 0 Å². The monoisotopic (exact) mass is 347 g/mol. The first-order valence-corrected chi connectivity index (χ1v) is 9.75. The molecule has 0 saturated carbocycles. The summed E-state index contributed by atoms with van der Waals surface area (Å²) >= 11 is 0. The summed E-state index contributed by atoms with van der Waals surface area (Å²) in [5.74, 6) is 0. The van der Waals surface area contributed by atoms with Crippen LogP contribution in [0.25, 0.3) is 0 Å². The molecule has 136 valence electrons. The normalized spacial score (nSPS) is 14.7. The summed E-state index contributed by atoms with van der Waals surface area (Å²) in [5.41, 5.74) is 2.85. The standard InChI is InChI=1S/C24H31N2/c1-4-5-16-23(26-18-17-25(3)20-26)24(2,22-14-10-7-11-15-22)19-21-12-8-6-9-13-21/h6-15,17-18,20,23H,4-5,16,19H2,1-3H3/q+1. The summed E-state index contributed by atoms with van der Waals surface area (Å²) in [5, 5.41) is 0. The van der Waals surface area contributed by atoms with E-state index in [1.807, 2.05) is 0 Å². The Balaban J connectivity index is 2.06. The molecule has 0 radical (unpaired) electrons. The molecule has 2 unspecified atom stereocenters. The predicted molar refractivity (Wildman–Crippen MR) is 108 cm³/mol. The molecule has 3 rings (SSSR count). The van der Waals surface area contributed by atoms with E-state index in [4.69, 9.17) is 0 Å². The molecule has 0 aliphatic rings. The van der Waals surface area contributed by atoms with Crippen LogP contribution < -0.4 is 4.57 Å². The van der Waals surface area contributed by atoms with Gasteiger partial charge in [0.05, 0.1) is 7.05 Å². The second-order valence-electron chi connectivity index (χ2n) is 7.63. The van der Waals surface area contributed by atoms with Crippen molar-refractivity contribution in [1.29, 1.82) is 0 Å². The van der Waals surface area contributed by atoms with Gasteiger partial charge in [-0.25, -0.2) is 9.13 Å². The van der Waals surface area contributed by atoms with Gasteiger partial charge in [-0.1, -0.05) is 80.9 Å². The maximum Gasteiger partial charge on any atom is 0.243 e. The molecular weight excluding hydrogens is 316 g/mol. The van der Waals surface area contributed by atoms with Crippen molar-refractivity contribution in [2.45, 2.75) is 51.0 Å². The lowest BCUT2D eigenvalue weighted by Gasteiger charge is -2.36. The van der Waals surface area contributed by atoms with Crippen molar-refractivity contribution in [1.82, 2.24) is 4.57 Å². The molecule has 0 aliphatic heterocycles. The van der Waals surface area contributed by atoms with E-state index in [9.17, 15) is 0 Å². The zero-order valence-electron chi connectivity index (χ0n) is 16.3. The Morgan fingerprint density at radius 1 is 1.00 bits per heavy atom. The second kappa shape index (κ2) is 8.35. The lowest BCUT2D eigenvalue weighted by molar-refractivity contribution is -0.671. The molecule has 0 spiro atoms. The summed E-state index contributed by atoms with van der Waals surface area (Å²) < 4.78 is 4.57. The first-order chi connectivity index (χ1) is 12.6. The van der Waals surface area contributed by atoms with E-state index in [2.05, 4.69) is 109 Å². The Labute approximate surface area is 158 Å². The third-order valence-electron chi connectivity index (χ3n) is 5.56. The molecule has 0 aliphatic carbocycles. The molecule has 1 aromatic heterocycles. The highest BCUT2D eigenvalue weighted by Gasteiger charge is 2.39. The smallest absolute Gasteiger partial charge is 0.240 e. The summed E-state index contributed by atoms with van der Waals surface area (Å²) in [6.45, 7) is 4.72. The Morgan fingerprint density at radius 2 is 1.65 bits per heavy atom. The van der Waals surface area contributed by atoms with Gasteiger partial charge in [0.25, 0.3) is 0 Å². The van der Waals surface area contributed by atoms with Crippen LogP contribution in [-0.4, -0.2) is 4.57 Å². The van der Waals surface area contributed by atoms with E-state index in [1.54, 1.807) is 0 Å². The highest BCUT2D eigenvalue weighted by atomic mass is 15.1. The fraction of sp³-hybridized carbons (Fsp3) is 0.375. The summed E-state index contributed by atoms with van der Waals surface area (Å²) in [4.78, 5) is 0. The van der Waals surface area contributed by atoms with E-state index < -0.39 is 0 Å². The zero-order chi connectivity index (χ0) is 18.4. The lowest BCUT2D eigenvalue weighted by atomic mass is 9.70. The fourth-order valence-electron chi connectivity index (χ4n) is 4.10. The minimum Gasteiger partial charge on any atom is -0.240 e. The molecule has 2 atom stereocenters. The molecule has 0 N–H and O–H groups in total. The van der Waals surface area contributed by atoms with Gasteiger partial charge in [0, 0.05) is 5.41 Å². The molecule has 3 aromatic rings. The molecule has 2 aromatic carbocycles. The molecule has 0 saturated heterocycles. The van der Waals surface area contributed by atoms with Crippen molar-refractivity contribution in [2.75, 3.05) is 0 Å². The molecule has 0 bridgehead atoms. The van der Waals surface area contributed by atoms with Crippen molar-refractivity contribution < 1.29 is 4.57 Å². The topological polar surface area (TPSA) is 8.81 Å². The van der Waals surface area contributed by atoms with Crippen molar-refractivity contribution in [2.24, 2.45) is 7.05 Å². The summed E-state index contributed by atoms with van der Waals surface area (Å²) in [6.07, 6.45) is 11.3. The Morgan fingerprint density at radius 3 is 2.23 bits per heavy atom. The first-order valence-electron chi connectivity index (χ1n) is 9.75. The number of imidazole rings is 1. The van der Waals surface area contributed by atoms with Gasteiger partial charge >= 0.3 is 0 Å². The fourth-order valence-corrected chi connectivity index (χ4v) is 4.10. The first kappa shape index (κ1) is 18.4. The Hall–Kier alpha value is -2.35. The van der Waals surface area contributed by atoms with Crippen LogP contribution in [0.5, 0.6) is 0 Å². The number of aromatic nitrogens is 2. The van der Waals surface area contributed by atoms with Crippen molar-refractivity contribution in [3.63, 3.8) is 0 Å². The van der Waals surface area contributed by atoms with Gasteiger partial charge in [-0.15, -0.1) is 0 Å². The molecule has 26 heavy (non-hydrogen) atoms. The SMILES string of the molecule is CCCCC(n1cc[n+](C)c1)C(C)(Cc1ccccc1)c1ccccc1. The van der Waals surface area contributed by atoms with Crippen molar-refractivity contribution in [3.8, 4) is 0 Å². The summed E-state index contributed by atoms with van der Waals surface area (Å²) in [7, 11) is 2.10. The molecule has 0 fully saturated rings. The third kappa shape index (κ3) is 4.07. The van der Waals surface area contributed by atoms with Gasteiger partial charge < -0.3 is 0 Å². The Kier molecular flexibility index (Phi) is 5.92. The van der Waals surface area contributed by atoms with Gasteiger partial charge in [-0.05, 0) is 30.4 Å². The minimum absolute atomic E-state index is 0.0316. The van der Waals surface area contributed by atoms with E-state index in [0.29, 0.717) is 6.04 Å². The van der Waals surface area contributed by atoms with E-state index >= 15 is 0 Å². The molecule has 1 heterocycles. The average Bonchev–Trinajstić information content (AvgIpc) is 3.09. The van der Waals surface area contributed by atoms with Crippen LogP contribution in [0.15, 0.2) is 79.4 Å². The van der Waals surface area contributed by atoms with Crippen molar-refractivity contribution in [3.05, 3.63) is 90.5 Å². The lowest BCUT2D eigenvalue weighted by Crippen LogP contribution is -2.37. The minimum atomic E-state index is 0.0316. The highest BCUT2D eigenvalue weighted by molar-refractivity contribution is 5.30. The van der Waals surface area contributed by atoms with E-state index in [-0.39, 0.29) is 5.41 Å². The number of nitrogens with zero attached hydrogens (tertiary/aromatic N) is 2. The highest BCUT2D eigenvalue weighted by Crippen LogP contribution is 2.41. The van der Waals surface area contributed by atoms with Crippen LogP contribution in [0.4, 0.5) is 0 Å². The van der Waals surface area contributed by atoms with Crippen molar-refractivity contribution >= 4 is 0 Å². The van der Waals surface area contributed by atoms with Crippen LogP contribution in [0.1, 0.15) is 50.3 Å². The van der Waals surface area contributed by atoms with Crippen LogP contribution in [0.2, 0.25) is 0 Å². The van der Waals surface area contributed by atoms with E-state index in [0.717, 1.165) is 6.42 Å². The number of hydrogen-bond acceptors (Lipinski definition) is 0. The average molecular weight is 348 g/mol.